The van der Waals surface area contributed by atoms with Crippen LogP contribution in [0.1, 0.15) is 16.9 Å². The van der Waals surface area contributed by atoms with Gasteiger partial charge in [-0.2, -0.15) is 0 Å². The van der Waals surface area contributed by atoms with Gasteiger partial charge in [0.1, 0.15) is 4.83 Å². The van der Waals surface area contributed by atoms with Gasteiger partial charge in [-0.3, -0.25) is 9.36 Å². The number of aliphatic hydroxyl groups is 1. The number of rotatable bonds is 4. The van der Waals surface area contributed by atoms with Gasteiger partial charge in [0.05, 0.1) is 28.2 Å². The van der Waals surface area contributed by atoms with Crippen molar-refractivity contribution in [3.8, 4) is 0 Å². The monoisotopic (exact) mass is 398 g/mol. The molecule has 25 heavy (non-hydrogen) atoms. The van der Waals surface area contributed by atoms with Gasteiger partial charge < -0.3 is 5.11 Å². The van der Waals surface area contributed by atoms with Crippen molar-refractivity contribution in [3.05, 3.63) is 33.4 Å². The Morgan fingerprint density at radius 1 is 1.40 bits per heavy atom. The average Bonchev–Trinajstić information content (AvgIpc) is 3.16. The normalized spacial score (nSPS) is 24.7. The van der Waals surface area contributed by atoms with Crippen molar-refractivity contribution in [1.82, 2.24) is 9.55 Å². The van der Waals surface area contributed by atoms with Crippen molar-refractivity contribution < 1.29 is 13.5 Å². The SMILES string of the molecule is C=CCn1c(S[C@H]2CS(=O)(=O)C[C@H]2O)nc2sc3c(c2c1=O)CCC3. The van der Waals surface area contributed by atoms with E-state index < -0.39 is 21.2 Å². The van der Waals surface area contributed by atoms with Gasteiger partial charge in [0.15, 0.2) is 15.0 Å². The molecule has 0 aromatic carbocycles. The van der Waals surface area contributed by atoms with Gasteiger partial charge in [0, 0.05) is 11.4 Å². The topological polar surface area (TPSA) is 89.3 Å². The fourth-order valence-corrected chi connectivity index (χ4v) is 8.37. The molecular formula is C16H18N2O4S3. The van der Waals surface area contributed by atoms with Gasteiger partial charge in [0.2, 0.25) is 0 Å². The molecule has 1 fully saturated rings. The summed E-state index contributed by atoms with van der Waals surface area (Å²) in [6, 6.07) is 0. The van der Waals surface area contributed by atoms with Crippen LogP contribution >= 0.6 is 23.1 Å². The number of thioether (sulfide) groups is 1. The molecule has 2 aliphatic rings. The van der Waals surface area contributed by atoms with Crippen molar-refractivity contribution in [3.63, 3.8) is 0 Å². The molecule has 1 N–H and O–H groups in total. The van der Waals surface area contributed by atoms with Crippen LogP contribution in [0.2, 0.25) is 0 Å². The molecule has 134 valence electrons. The lowest BCUT2D eigenvalue weighted by Crippen LogP contribution is -2.26. The van der Waals surface area contributed by atoms with E-state index in [0.29, 0.717) is 21.9 Å². The predicted octanol–water partition coefficient (Wildman–Crippen LogP) is 1.38. The molecule has 2 atom stereocenters. The molecule has 4 rings (SSSR count). The molecule has 0 unspecified atom stereocenters. The van der Waals surface area contributed by atoms with Gasteiger partial charge in [-0.15, -0.1) is 17.9 Å². The number of nitrogens with zero attached hydrogens (tertiary/aromatic N) is 2. The number of aryl methyl sites for hydroxylation is 2. The van der Waals surface area contributed by atoms with Crippen LogP contribution in [0, 0.1) is 0 Å². The first-order chi connectivity index (χ1) is 11.9. The molecule has 0 saturated carbocycles. The first-order valence-corrected chi connectivity index (χ1v) is 11.6. The minimum absolute atomic E-state index is 0.0952. The summed E-state index contributed by atoms with van der Waals surface area (Å²) in [5.41, 5.74) is 1.03. The van der Waals surface area contributed by atoms with Crippen LogP contribution in [-0.2, 0) is 29.2 Å². The second-order valence-corrected chi connectivity index (χ2v) is 10.9. The van der Waals surface area contributed by atoms with Crippen LogP contribution in [-0.4, -0.2) is 45.9 Å². The largest absolute Gasteiger partial charge is 0.391 e. The molecule has 9 heteroatoms. The lowest BCUT2D eigenvalue weighted by atomic mass is 10.2. The predicted molar refractivity (Wildman–Crippen MR) is 100 cm³/mol. The van der Waals surface area contributed by atoms with Crippen LogP contribution in [0.25, 0.3) is 10.2 Å². The standard InChI is InChI=1S/C16H18N2O4S3/c1-2-6-18-15(20)13-9-4-3-5-11(9)23-14(13)17-16(18)24-12-8-25(21,22)7-10(12)19/h2,10,12,19H,1,3-8H2/t10-,12+/m1/s1. The lowest BCUT2D eigenvalue weighted by molar-refractivity contribution is 0.207. The highest BCUT2D eigenvalue weighted by Crippen LogP contribution is 2.37. The Kier molecular flexibility index (Phi) is 4.30. The Hall–Kier alpha value is -1.16. The van der Waals surface area contributed by atoms with E-state index in [-0.39, 0.29) is 17.1 Å². The van der Waals surface area contributed by atoms with E-state index in [1.165, 1.54) is 16.6 Å². The van der Waals surface area contributed by atoms with E-state index >= 15 is 0 Å². The highest BCUT2D eigenvalue weighted by Gasteiger charge is 2.38. The van der Waals surface area contributed by atoms with E-state index in [2.05, 4.69) is 11.6 Å². The van der Waals surface area contributed by atoms with Gasteiger partial charge in [0.25, 0.3) is 5.56 Å². The number of hydrogen-bond acceptors (Lipinski definition) is 7. The van der Waals surface area contributed by atoms with Crippen LogP contribution in [0.15, 0.2) is 22.6 Å². The lowest BCUT2D eigenvalue weighted by Gasteiger charge is -2.15. The van der Waals surface area contributed by atoms with Crippen molar-refractivity contribution in [2.24, 2.45) is 0 Å². The summed E-state index contributed by atoms with van der Waals surface area (Å²) < 4.78 is 25.0. The maximum Gasteiger partial charge on any atom is 0.263 e. The molecule has 1 aliphatic heterocycles. The third kappa shape index (κ3) is 2.97. The Balaban J connectivity index is 1.82. The van der Waals surface area contributed by atoms with Gasteiger partial charge >= 0.3 is 0 Å². The number of aromatic nitrogens is 2. The van der Waals surface area contributed by atoms with E-state index in [1.807, 2.05) is 0 Å². The summed E-state index contributed by atoms with van der Waals surface area (Å²) in [6.45, 7) is 4.02. The van der Waals surface area contributed by atoms with Crippen molar-refractivity contribution in [2.75, 3.05) is 11.5 Å². The van der Waals surface area contributed by atoms with Crippen LogP contribution in [0.5, 0.6) is 0 Å². The molecule has 3 heterocycles. The number of thiophene rings is 1. The summed E-state index contributed by atoms with van der Waals surface area (Å²) in [5, 5.41) is 10.7. The fraction of sp³-hybridized carbons (Fsp3) is 0.500. The summed E-state index contributed by atoms with van der Waals surface area (Å²) in [4.78, 5) is 19.6. The molecule has 0 spiro atoms. The Morgan fingerprint density at radius 3 is 2.88 bits per heavy atom. The minimum atomic E-state index is -3.24. The summed E-state index contributed by atoms with van der Waals surface area (Å²) in [5.74, 6) is -0.326. The van der Waals surface area contributed by atoms with Crippen LogP contribution < -0.4 is 5.56 Å². The Morgan fingerprint density at radius 2 is 2.20 bits per heavy atom. The zero-order valence-electron chi connectivity index (χ0n) is 13.5. The molecule has 0 bridgehead atoms. The number of sulfone groups is 1. The number of allylic oxidation sites excluding steroid dienone is 1. The fourth-order valence-electron chi connectivity index (χ4n) is 3.48. The van der Waals surface area contributed by atoms with Gasteiger partial charge in [-0.1, -0.05) is 17.8 Å². The third-order valence-corrected chi connectivity index (χ3v) is 9.05. The van der Waals surface area contributed by atoms with Crippen molar-refractivity contribution in [1.29, 1.82) is 0 Å². The van der Waals surface area contributed by atoms with Crippen LogP contribution in [0.4, 0.5) is 0 Å². The molecule has 2 aromatic rings. The zero-order valence-corrected chi connectivity index (χ0v) is 15.9. The summed E-state index contributed by atoms with van der Waals surface area (Å²) in [7, 11) is -3.24. The molecule has 1 aliphatic carbocycles. The molecule has 2 aromatic heterocycles. The minimum Gasteiger partial charge on any atom is -0.391 e. The molecular weight excluding hydrogens is 380 g/mol. The van der Waals surface area contributed by atoms with Crippen molar-refractivity contribution >= 4 is 43.2 Å². The van der Waals surface area contributed by atoms with E-state index in [9.17, 15) is 18.3 Å². The van der Waals surface area contributed by atoms with E-state index in [0.717, 1.165) is 24.8 Å². The van der Waals surface area contributed by atoms with Gasteiger partial charge in [-0.05, 0) is 24.8 Å². The summed E-state index contributed by atoms with van der Waals surface area (Å²) >= 11 is 2.74. The second-order valence-electron chi connectivity index (χ2n) is 6.44. The first-order valence-electron chi connectivity index (χ1n) is 8.11. The number of hydrogen-bond donors (Lipinski definition) is 1. The first kappa shape index (κ1) is 17.3. The van der Waals surface area contributed by atoms with Gasteiger partial charge in [-0.25, -0.2) is 13.4 Å². The Bertz CT molecular complexity index is 1020. The Labute approximate surface area is 153 Å². The quantitative estimate of drug-likeness (QED) is 0.618. The maximum atomic E-state index is 13.0. The highest BCUT2D eigenvalue weighted by atomic mass is 32.2. The smallest absolute Gasteiger partial charge is 0.263 e. The van der Waals surface area contributed by atoms with Crippen molar-refractivity contribution in [2.45, 2.75) is 42.3 Å². The maximum absolute atomic E-state index is 13.0. The zero-order chi connectivity index (χ0) is 17.8. The highest BCUT2D eigenvalue weighted by molar-refractivity contribution is 8.01. The van der Waals surface area contributed by atoms with Crippen LogP contribution in [0.3, 0.4) is 0 Å². The molecule has 0 radical (unpaired) electrons. The summed E-state index contributed by atoms with van der Waals surface area (Å²) in [6.07, 6.45) is 3.66. The number of aliphatic hydroxyl groups excluding tert-OH is 1. The van der Waals surface area contributed by atoms with E-state index in [4.69, 9.17) is 0 Å². The third-order valence-electron chi connectivity index (χ3n) is 4.63. The number of fused-ring (bicyclic) bond motifs is 3. The molecule has 1 saturated heterocycles. The van der Waals surface area contributed by atoms with E-state index in [1.54, 1.807) is 22.0 Å². The molecule has 0 amide bonds. The second kappa shape index (κ2) is 6.22. The average molecular weight is 399 g/mol. The molecule has 6 nitrogen and oxygen atoms in total.